The molecule has 6 nitrogen and oxygen atoms in total. The molecule has 17 heavy (non-hydrogen) atoms. The van der Waals surface area contributed by atoms with E-state index in [0.29, 0.717) is 5.00 Å². The van der Waals surface area contributed by atoms with Gasteiger partial charge in [0.2, 0.25) is 0 Å². The first-order chi connectivity index (χ1) is 8.10. The molecule has 0 spiro atoms. The average molecular weight is 258 g/mol. The van der Waals surface area contributed by atoms with E-state index in [9.17, 15) is 9.59 Å². The minimum atomic E-state index is -0.548. The molecule has 1 atom stereocenters. The zero-order valence-corrected chi connectivity index (χ0v) is 10.7. The predicted octanol–water partition coefficient (Wildman–Crippen LogP) is 1.29. The summed E-state index contributed by atoms with van der Waals surface area (Å²) >= 11 is 1.23. The lowest BCUT2D eigenvalue weighted by Gasteiger charge is -2.11. The highest BCUT2D eigenvalue weighted by Gasteiger charge is 2.20. The molecule has 1 N–H and O–H groups in total. The van der Waals surface area contributed by atoms with E-state index in [1.54, 1.807) is 13.8 Å². The molecule has 0 saturated heterocycles. The van der Waals surface area contributed by atoms with Crippen molar-refractivity contribution < 1.29 is 19.1 Å². The second-order valence-corrected chi connectivity index (χ2v) is 3.99. The van der Waals surface area contributed by atoms with Crippen LogP contribution in [0.1, 0.15) is 24.3 Å². The number of aromatic nitrogens is 1. The smallest absolute Gasteiger partial charge is 0.360 e. The van der Waals surface area contributed by atoms with Crippen LogP contribution in [0, 0.1) is 0 Å². The standard InChI is InChI=1S/C10H14N2O4S/c1-4-16-10(14)7-8(17-5-11-7)12-6(2)9(13)15-3/h5-6,12H,4H2,1-3H3. The van der Waals surface area contributed by atoms with Gasteiger partial charge in [-0.2, -0.15) is 0 Å². The summed E-state index contributed by atoms with van der Waals surface area (Å²) in [7, 11) is 1.31. The Morgan fingerprint density at radius 2 is 2.29 bits per heavy atom. The van der Waals surface area contributed by atoms with Gasteiger partial charge >= 0.3 is 11.9 Å². The molecule has 0 amide bonds. The first kappa shape index (κ1) is 13.4. The maximum absolute atomic E-state index is 11.5. The number of anilines is 1. The third-order valence-electron chi connectivity index (χ3n) is 1.94. The summed E-state index contributed by atoms with van der Waals surface area (Å²) in [4.78, 5) is 26.6. The summed E-state index contributed by atoms with van der Waals surface area (Å²) < 4.78 is 9.42. The Balaban J connectivity index is 2.75. The average Bonchev–Trinajstić information content (AvgIpc) is 2.76. The third kappa shape index (κ3) is 3.42. The monoisotopic (exact) mass is 258 g/mol. The Labute approximate surface area is 103 Å². The first-order valence-electron chi connectivity index (χ1n) is 5.05. The highest BCUT2D eigenvalue weighted by Crippen LogP contribution is 2.22. The number of hydrogen-bond acceptors (Lipinski definition) is 7. The Hall–Kier alpha value is -1.63. The molecule has 0 aliphatic carbocycles. The Morgan fingerprint density at radius 1 is 1.59 bits per heavy atom. The van der Waals surface area contributed by atoms with E-state index in [4.69, 9.17) is 4.74 Å². The molecule has 1 heterocycles. The summed E-state index contributed by atoms with van der Waals surface area (Å²) in [5.41, 5.74) is 1.70. The van der Waals surface area contributed by atoms with E-state index < -0.39 is 18.0 Å². The minimum Gasteiger partial charge on any atom is -0.467 e. The normalized spacial score (nSPS) is 11.7. The van der Waals surface area contributed by atoms with Crippen LogP contribution < -0.4 is 5.32 Å². The number of carbonyl (C=O) groups excluding carboxylic acids is 2. The number of hydrogen-bond donors (Lipinski definition) is 1. The molecule has 0 aromatic carbocycles. The topological polar surface area (TPSA) is 77.5 Å². The molecule has 0 saturated carbocycles. The van der Waals surface area contributed by atoms with Gasteiger partial charge in [0, 0.05) is 0 Å². The lowest BCUT2D eigenvalue weighted by Crippen LogP contribution is -2.27. The van der Waals surface area contributed by atoms with Crippen LogP contribution in [0.25, 0.3) is 0 Å². The fraction of sp³-hybridized carbons (Fsp3) is 0.500. The molecule has 94 valence electrons. The van der Waals surface area contributed by atoms with Crippen LogP contribution >= 0.6 is 11.3 Å². The summed E-state index contributed by atoms with van der Waals surface area (Å²) in [5.74, 6) is -0.915. The summed E-state index contributed by atoms with van der Waals surface area (Å²) in [5, 5.41) is 3.36. The summed E-state index contributed by atoms with van der Waals surface area (Å²) in [6.45, 7) is 3.64. The Kier molecular flexibility index (Phi) is 4.89. The van der Waals surface area contributed by atoms with E-state index in [-0.39, 0.29) is 12.3 Å². The largest absolute Gasteiger partial charge is 0.467 e. The molecule has 0 fully saturated rings. The molecular formula is C10H14N2O4S. The second-order valence-electron chi connectivity index (χ2n) is 3.14. The van der Waals surface area contributed by atoms with E-state index in [1.165, 1.54) is 24.0 Å². The molecule has 1 aromatic rings. The number of esters is 2. The van der Waals surface area contributed by atoms with Gasteiger partial charge in [-0.3, -0.25) is 0 Å². The number of carbonyl (C=O) groups is 2. The molecule has 0 radical (unpaired) electrons. The number of rotatable bonds is 5. The van der Waals surface area contributed by atoms with Crippen molar-refractivity contribution in [1.29, 1.82) is 0 Å². The van der Waals surface area contributed by atoms with Crippen molar-refractivity contribution in [2.75, 3.05) is 19.0 Å². The van der Waals surface area contributed by atoms with E-state index in [2.05, 4.69) is 15.0 Å². The molecule has 7 heteroatoms. The summed E-state index contributed by atoms with van der Waals surface area (Å²) in [6, 6.07) is -0.548. The SMILES string of the molecule is CCOC(=O)c1ncsc1NC(C)C(=O)OC. The van der Waals surface area contributed by atoms with Crippen molar-refractivity contribution >= 4 is 28.3 Å². The molecule has 0 aliphatic heterocycles. The van der Waals surface area contributed by atoms with Crippen molar-refractivity contribution in [2.24, 2.45) is 0 Å². The highest BCUT2D eigenvalue weighted by atomic mass is 32.1. The highest BCUT2D eigenvalue weighted by molar-refractivity contribution is 7.14. The van der Waals surface area contributed by atoms with Crippen LogP contribution in [0.5, 0.6) is 0 Å². The van der Waals surface area contributed by atoms with E-state index >= 15 is 0 Å². The van der Waals surface area contributed by atoms with Gasteiger partial charge in [-0.1, -0.05) is 0 Å². The van der Waals surface area contributed by atoms with Crippen molar-refractivity contribution in [1.82, 2.24) is 4.98 Å². The van der Waals surface area contributed by atoms with Gasteiger partial charge in [-0.05, 0) is 13.8 Å². The van der Waals surface area contributed by atoms with Gasteiger partial charge in [-0.15, -0.1) is 11.3 Å². The van der Waals surface area contributed by atoms with Crippen molar-refractivity contribution in [2.45, 2.75) is 19.9 Å². The molecule has 0 bridgehead atoms. The fourth-order valence-corrected chi connectivity index (χ4v) is 1.88. The van der Waals surface area contributed by atoms with Crippen LogP contribution in [0.15, 0.2) is 5.51 Å². The molecule has 1 rings (SSSR count). The summed E-state index contributed by atoms with van der Waals surface area (Å²) in [6.07, 6.45) is 0. The fourth-order valence-electron chi connectivity index (χ4n) is 1.13. The molecule has 1 unspecified atom stereocenters. The minimum absolute atomic E-state index is 0.188. The van der Waals surface area contributed by atoms with E-state index in [0.717, 1.165) is 0 Å². The number of nitrogens with one attached hydrogen (secondary N) is 1. The van der Waals surface area contributed by atoms with Crippen LogP contribution in [0.2, 0.25) is 0 Å². The van der Waals surface area contributed by atoms with Gasteiger partial charge < -0.3 is 14.8 Å². The zero-order valence-electron chi connectivity index (χ0n) is 9.85. The van der Waals surface area contributed by atoms with Crippen molar-refractivity contribution in [3.63, 3.8) is 0 Å². The maximum atomic E-state index is 11.5. The van der Waals surface area contributed by atoms with Gasteiger partial charge in [0.15, 0.2) is 5.69 Å². The zero-order chi connectivity index (χ0) is 12.8. The lowest BCUT2D eigenvalue weighted by molar-refractivity contribution is -0.141. The lowest BCUT2D eigenvalue weighted by atomic mass is 10.3. The van der Waals surface area contributed by atoms with Crippen LogP contribution in [-0.4, -0.2) is 36.7 Å². The van der Waals surface area contributed by atoms with Crippen LogP contribution in [0.3, 0.4) is 0 Å². The van der Waals surface area contributed by atoms with E-state index in [1.807, 2.05) is 0 Å². The van der Waals surface area contributed by atoms with Crippen LogP contribution in [0.4, 0.5) is 5.00 Å². The Bertz CT molecular complexity index is 405. The van der Waals surface area contributed by atoms with Crippen molar-refractivity contribution in [3.05, 3.63) is 11.2 Å². The number of thiazole rings is 1. The van der Waals surface area contributed by atoms with Gasteiger partial charge in [0.05, 0.1) is 19.2 Å². The molecule has 1 aromatic heterocycles. The van der Waals surface area contributed by atoms with Crippen LogP contribution in [-0.2, 0) is 14.3 Å². The maximum Gasteiger partial charge on any atom is 0.360 e. The second kappa shape index (κ2) is 6.19. The quantitative estimate of drug-likeness (QED) is 0.802. The molecule has 0 aliphatic rings. The number of ether oxygens (including phenoxy) is 2. The first-order valence-corrected chi connectivity index (χ1v) is 5.93. The van der Waals surface area contributed by atoms with Gasteiger partial charge in [-0.25, -0.2) is 14.6 Å². The van der Waals surface area contributed by atoms with Crippen molar-refractivity contribution in [3.8, 4) is 0 Å². The Morgan fingerprint density at radius 3 is 2.88 bits per heavy atom. The van der Waals surface area contributed by atoms with Gasteiger partial charge in [0.1, 0.15) is 11.0 Å². The third-order valence-corrected chi connectivity index (χ3v) is 2.70. The number of nitrogens with zero attached hydrogens (tertiary/aromatic N) is 1. The number of methoxy groups -OCH3 is 1. The van der Waals surface area contributed by atoms with Gasteiger partial charge in [0.25, 0.3) is 0 Å². The molecular weight excluding hydrogens is 244 g/mol. The predicted molar refractivity (Wildman–Crippen MR) is 63.2 cm³/mol.